The first kappa shape index (κ1) is 45.7. The lowest BCUT2D eigenvalue weighted by Gasteiger charge is -2.01. The molecule has 0 bridgehead atoms. The Hall–Kier alpha value is -4.24. The van der Waals surface area contributed by atoms with E-state index in [2.05, 4.69) is 54.0 Å². The van der Waals surface area contributed by atoms with Gasteiger partial charge in [0.2, 0.25) is 0 Å². The molecule has 0 spiro atoms. The predicted octanol–water partition coefficient (Wildman–Crippen LogP) is 6.58. The van der Waals surface area contributed by atoms with E-state index in [9.17, 15) is 19.2 Å². The predicted molar refractivity (Wildman–Crippen MR) is 173 cm³/mol. The minimum atomic E-state index is -0.455. The van der Waals surface area contributed by atoms with E-state index < -0.39 is 5.97 Å². The van der Waals surface area contributed by atoms with Gasteiger partial charge in [-0.05, 0) is 39.2 Å². The molecule has 0 saturated heterocycles. The van der Waals surface area contributed by atoms with Crippen LogP contribution in [-0.4, -0.2) is 62.5 Å². The van der Waals surface area contributed by atoms with Gasteiger partial charge in [0.25, 0.3) is 0 Å². The van der Waals surface area contributed by atoms with Gasteiger partial charge in [-0.1, -0.05) is 96.0 Å². The number of unbranched alkanes of at least 4 members (excludes halogenated alkanes) is 2. The Kier molecular flexibility index (Phi) is 36.1. The van der Waals surface area contributed by atoms with Gasteiger partial charge >= 0.3 is 23.9 Å². The minimum absolute atomic E-state index is 0.0473. The van der Waals surface area contributed by atoms with Crippen molar-refractivity contribution in [2.75, 3.05) is 33.5 Å². The number of ether oxygens (including phenoxy) is 4. The summed E-state index contributed by atoms with van der Waals surface area (Å²) in [7, 11) is 1.33. The molecule has 0 unspecified atom stereocenters. The third-order valence-corrected chi connectivity index (χ3v) is 4.23. The van der Waals surface area contributed by atoms with E-state index in [0.29, 0.717) is 29.9 Å². The quantitative estimate of drug-likeness (QED) is 0.115. The number of rotatable bonds is 13. The Morgan fingerprint density at radius 3 is 1.42 bits per heavy atom. The summed E-state index contributed by atoms with van der Waals surface area (Å²) in [6.07, 6.45) is 6.96. The number of hydrogen-bond acceptors (Lipinski definition) is 9. The number of esters is 4. The second kappa shape index (κ2) is 34.0. The highest BCUT2D eigenvalue weighted by molar-refractivity contribution is 5.87. The summed E-state index contributed by atoms with van der Waals surface area (Å²) in [5.74, 6) is -1.42. The molecule has 1 aromatic rings. The third-order valence-electron chi connectivity index (χ3n) is 4.23. The molecule has 0 atom stereocenters. The van der Waals surface area contributed by atoms with E-state index >= 15 is 0 Å². The first-order valence-electron chi connectivity index (χ1n) is 13.8. The van der Waals surface area contributed by atoms with Crippen molar-refractivity contribution in [2.45, 2.75) is 60.3 Å². The van der Waals surface area contributed by atoms with Crippen molar-refractivity contribution in [3.05, 3.63) is 91.6 Å². The average molecular weight is 605 g/mol. The van der Waals surface area contributed by atoms with Gasteiger partial charge in [-0.25, -0.2) is 19.2 Å². The van der Waals surface area contributed by atoms with Crippen LogP contribution in [0.25, 0.3) is 6.08 Å². The first-order chi connectivity index (χ1) is 20.3. The normalized spacial score (nSPS) is 8.53. The van der Waals surface area contributed by atoms with Gasteiger partial charge in [-0.2, -0.15) is 0 Å². The molecular formula is C34H52O9. The SMILES string of the molecule is C=C(C)C(=O)OC.C=C(C)C(=O)OCCCC.C=C(C)C(=O)OCCO.C=CC(=O)OCCCC.C=Cc1ccccc1. The summed E-state index contributed by atoms with van der Waals surface area (Å²) >= 11 is 0. The zero-order valence-electron chi connectivity index (χ0n) is 26.9. The minimum Gasteiger partial charge on any atom is -0.466 e. The lowest BCUT2D eigenvalue weighted by molar-refractivity contribution is -0.140. The maximum atomic E-state index is 10.7. The fourth-order valence-corrected chi connectivity index (χ4v) is 1.83. The molecule has 0 aliphatic carbocycles. The summed E-state index contributed by atoms with van der Waals surface area (Å²) < 4.78 is 18.2. The van der Waals surface area contributed by atoms with E-state index in [-0.39, 0.29) is 31.1 Å². The maximum Gasteiger partial charge on any atom is 0.333 e. The van der Waals surface area contributed by atoms with Crippen molar-refractivity contribution < 1.29 is 43.2 Å². The molecule has 1 rings (SSSR count). The Morgan fingerprint density at radius 2 is 1.14 bits per heavy atom. The van der Waals surface area contributed by atoms with Crippen LogP contribution in [0.1, 0.15) is 65.9 Å². The molecule has 0 amide bonds. The lowest BCUT2D eigenvalue weighted by Crippen LogP contribution is -2.08. The van der Waals surface area contributed by atoms with Gasteiger partial charge in [0.05, 0.1) is 26.9 Å². The number of carbonyl (C=O) groups excluding carboxylic acids is 4. The van der Waals surface area contributed by atoms with E-state index in [1.165, 1.54) is 18.7 Å². The van der Waals surface area contributed by atoms with Crippen molar-refractivity contribution in [3.63, 3.8) is 0 Å². The van der Waals surface area contributed by atoms with Gasteiger partial charge in [0.15, 0.2) is 0 Å². The summed E-state index contributed by atoms with van der Waals surface area (Å²) in [4.78, 5) is 41.7. The van der Waals surface area contributed by atoms with Crippen molar-refractivity contribution in [1.82, 2.24) is 0 Å². The average Bonchev–Trinajstić information content (AvgIpc) is 3.00. The third kappa shape index (κ3) is 37.8. The molecule has 9 heteroatoms. The van der Waals surface area contributed by atoms with Crippen molar-refractivity contribution in [1.29, 1.82) is 0 Å². The van der Waals surface area contributed by atoms with Gasteiger partial charge in [0, 0.05) is 22.8 Å². The zero-order chi connectivity index (χ0) is 34.1. The fourth-order valence-electron chi connectivity index (χ4n) is 1.83. The van der Waals surface area contributed by atoms with Crippen molar-refractivity contribution in [3.8, 4) is 0 Å². The Bertz CT molecular complexity index is 961. The Morgan fingerprint density at radius 1 is 0.721 bits per heavy atom. The second-order valence-electron chi connectivity index (χ2n) is 8.52. The molecule has 1 N–H and O–H groups in total. The molecule has 242 valence electrons. The number of aliphatic hydroxyl groups is 1. The van der Waals surface area contributed by atoms with E-state index in [0.717, 1.165) is 25.7 Å². The summed E-state index contributed by atoms with van der Waals surface area (Å²) in [6.45, 7) is 26.9. The molecule has 0 fully saturated rings. The topological polar surface area (TPSA) is 125 Å². The van der Waals surface area contributed by atoms with Crippen molar-refractivity contribution in [2.24, 2.45) is 0 Å². The molecule has 0 aliphatic heterocycles. The Balaban J connectivity index is -0.000000222. The molecule has 0 radical (unpaired) electrons. The summed E-state index contributed by atoms with van der Waals surface area (Å²) in [5.41, 5.74) is 2.43. The van der Waals surface area contributed by atoms with Gasteiger partial charge < -0.3 is 24.1 Å². The number of carbonyl (C=O) groups is 4. The molecule has 0 saturated carbocycles. The van der Waals surface area contributed by atoms with Crippen molar-refractivity contribution >= 4 is 30.0 Å². The van der Waals surface area contributed by atoms with E-state index in [4.69, 9.17) is 9.84 Å². The van der Waals surface area contributed by atoms with Crippen LogP contribution >= 0.6 is 0 Å². The molecule has 0 aliphatic rings. The molecule has 43 heavy (non-hydrogen) atoms. The zero-order valence-corrected chi connectivity index (χ0v) is 26.9. The van der Waals surface area contributed by atoms with Crippen LogP contribution < -0.4 is 0 Å². The van der Waals surface area contributed by atoms with Crippen LogP contribution in [-0.2, 0) is 38.1 Å². The lowest BCUT2D eigenvalue weighted by atomic mass is 10.2. The number of methoxy groups -OCH3 is 1. The van der Waals surface area contributed by atoms with E-state index in [1.807, 2.05) is 43.3 Å². The van der Waals surface area contributed by atoms with Crippen LogP contribution in [0.5, 0.6) is 0 Å². The first-order valence-corrected chi connectivity index (χ1v) is 13.8. The van der Waals surface area contributed by atoms with Crippen LogP contribution in [0, 0.1) is 0 Å². The van der Waals surface area contributed by atoms with Gasteiger partial charge in [-0.3, -0.25) is 0 Å². The smallest absolute Gasteiger partial charge is 0.333 e. The fraction of sp³-hybridized carbons (Fsp3) is 0.412. The Labute approximate surface area is 258 Å². The highest BCUT2D eigenvalue weighted by atomic mass is 16.5. The van der Waals surface area contributed by atoms with Crippen LogP contribution in [0.2, 0.25) is 0 Å². The standard InChI is InChI=1S/C8H14O2.C8H8.C7H12O2.C6H10O3.C5H8O2/c1-4-5-6-10-8(9)7(2)3;1-2-8-6-4-3-5-7-8;1-3-5-6-9-7(8)4-2;1-5(2)6(8)9-4-3-7;1-4(2)5(6)7-3/h2,4-6H2,1,3H3;2-7H,1H2;4H,2-3,5-6H2,1H3;7H,1,3-4H2,2H3;1H2,2-3H3. The molecule has 0 aromatic heterocycles. The van der Waals surface area contributed by atoms with Gasteiger partial charge in [-0.15, -0.1) is 0 Å². The van der Waals surface area contributed by atoms with Crippen LogP contribution in [0.4, 0.5) is 0 Å². The highest BCUT2D eigenvalue weighted by Gasteiger charge is 2.01. The summed E-state index contributed by atoms with van der Waals surface area (Å²) in [5, 5.41) is 8.19. The largest absolute Gasteiger partial charge is 0.466 e. The number of benzene rings is 1. The monoisotopic (exact) mass is 604 g/mol. The van der Waals surface area contributed by atoms with Crippen LogP contribution in [0.3, 0.4) is 0 Å². The van der Waals surface area contributed by atoms with Crippen LogP contribution in [0.15, 0.2) is 86.0 Å². The molecular weight excluding hydrogens is 552 g/mol. The maximum absolute atomic E-state index is 10.7. The number of hydrogen-bond donors (Lipinski definition) is 1. The molecule has 0 heterocycles. The van der Waals surface area contributed by atoms with Gasteiger partial charge in [0.1, 0.15) is 6.61 Å². The summed E-state index contributed by atoms with van der Waals surface area (Å²) in [6, 6.07) is 10.0. The second-order valence-corrected chi connectivity index (χ2v) is 8.52. The number of aliphatic hydroxyl groups excluding tert-OH is 1. The molecule has 9 nitrogen and oxygen atoms in total. The van der Waals surface area contributed by atoms with E-state index in [1.54, 1.807) is 20.8 Å². The molecule has 1 aromatic carbocycles. The highest BCUT2D eigenvalue weighted by Crippen LogP contribution is 1.97.